The standard InChI is InChI=1S/C10H9N3OS/c14-10-6-7(8-2-1-5-15-8)12-9-3-4-11-13(9)10/h1-3,5-6,11-12H,4H2. The highest BCUT2D eigenvalue weighted by Crippen LogP contribution is 2.23. The third-order valence-electron chi connectivity index (χ3n) is 2.32. The van der Waals surface area contributed by atoms with E-state index < -0.39 is 0 Å². The number of fused-ring (bicyclic) bond motifs is 1. The van der Waals surface area contributed by atoms with E-state index in [0.29, 0.717) is 6.54 Å². The number of nitrogens with zero attached hydrogens (tertiary/aromatic N) is 1. The Morgan fingerprint density at radius 2 is 2.40 bits per heavy atom. The predicted octanol–water partition coefficient (Wildman–Crippen LogP) is 0.880. The zero-order chi connectivity index (χ0) is 10.3. The van der Waals surface area contributed by atoms with Gasteiger partial charge in [-0.25, -0.2) is 10.4 Å². The lowest BCUT2D eigenvalue weighted by Crippen LogP contribution is -2.43. The summed E-state index contributed by atoms with van der Waals surface area (Å²) in [6, 6.07) is 3.97. The number of hydrogen-bond donors (Lipinski definition) is 2. The third kappa shape index (κ3) is 1.36. The predicted molar refractivity (Wildman–Crippen MR) is 58.4 cm³/mol. The van der Waals surface area contributed by atoms with Crippen molar-refractivity contribution in [2.45, 2.75) is 0 Å². The Kier molecular flexibility index (Phi) is 1.87. The van der Waals surface area contributed by atoms with Gasteiger partial charge in [0.2, 0.25) is 0 Å². The number of carbonyl (C=O) groups is 1. The molecule has 0 atom stereocenters. The van der Waals surface area contributed by atoms with Crippen LogP contribution in [0.25, 0.3) is 5.70 Å². The fourth-order valence-electron chi connectivity index (χ4n) is 1.64. The van der Waals surface area contributed by atoms with E-state index in [0.717, 1.165) is 16.4 Å². The molecule has 0 saturated heterocycles. The smallest absolute Gasteiger partial charge is 0.268 e. The minimum atomic E-state index is -0.0269. The summed E-state index contributed by atoms with van der Waals surface area (Å²) in [5.74, 6) is 0.798. The molecule has 3 rings (SSSR count). The van der Waals surface area contributed by atoms with Crippen LogP contribution in [-0.2, 0) is 4.79 Å². The number of nitrogens with one attached hydrogen (secondary N) is 2. The van der Waals surface area contributed by atoms with Gasteiger partial charge in [-0.05, 0) is 17.5 Å². The molecule has 0 bridgehead atoms. The van der Waals surface area contributed by atoms with Crippen LogP contribution in [0.5, 0.6) is 0 Å². The summed E-state index contributed by atoms with van der Waals surface area (Å²) in [6.45, 7) is 0.694. The van der Waals surface area contributed by atoms with Gasteiger partial charge in [0, 0.05) is 12.6 Å². The normalized spacial score (nSPS) is 19.5. The summed E-state index contributed by atoms with van der Waals surface area (Å²) >= 11 is 1.62. The van der Waals surface area contributed by atoms with E-state index in [4.69, 9.17) is 0 Å². The van der Waals surface area contributed by atoms with Gasteiger partial charge in [-0.3, -0.25) is 4.79 Å². The first-order chi connectivity index (χ1) is 7.34. The van der Waals surface area contributed by atoms with E-state index in [2.05, 4.69) is 10.7 Å². The van der Waals surface area contributed by atoms with Crippen LogP contribution in [0.1, 0.15) is 4.88 Å². The fraction of sp³-hybridized carbons (Fsp3) is 0.100. The maximum absolute atomic E-state index is 11.7. The van der Waals surface area contributed by atoms with Crippen molar-refractivity contribution in [3.8, 4) is 0 Å². The summed E-state index contributed by atoms with van der Waals surface area (Å²) in [5.41, 5.74) is 3.84. The quantitative estimate of drug-likeness (QED) is 0.737. The summed E-state index contributed by atoms with van der Waals surface area (Å²) < 4.78 is 0. The van der Waals surface area contributed by atoms with Gasteiger partial charge in [0.25, 0.3) is 5.91 Å². The lowest BCUT2D eigenvalue weighted by Gasteiger charge is -2.25. The molecule has 3 heterocycles. The minimum Gasteiger partial charge on any atom is -0.339 e. The van der Waals surface area contributed by atoms with Crippen LogP contribution in [0.15, 0.2) is 35.5 Å². The van der Waals surface area contributed by atoms with Crippen LogP contribution in [0.4, 0.5) is 0 Å². The van der Waals surface area contributed by atoms with Crippen molar-refractivity contribution in [1.29, 1.82) is 0 Å². The molecule has 76 valence electrons. The highest BCUT2D eigenvalue weighted by atomic mass is 32.1. The van der Waals surface area contributed by atoms with Gasteiger partial charge < -0.3 is 5.32 Å². The molecule has 2 aliphatic rings. The Morgan fingerprint density at radius 3 is 3.20 bits per heavy atom. The zero-order valence-electron chi connectivity index (χ0n) is 7.86. The number of rotatable bonds is 1. The second-order valence-corrected chi connectivity index (χ2v) is 4.23. The van der Waals surface area contributed by atoms with Crippen LogP contribution < -0.4 is 10.7 Å². The van der Waals surface area contributed by atoms with E-state index in [1.807, 2.05) is 23.6 Å². The third-order valence-corrected chi connectivity index (χ3v) is 3.23. The molecule has 0 aliphatic carbocycles. The number of carbonyl (C=O) groups excluding carboxylic acids is 1. The molecule has 0 spiro atoms. The first-order valence-corrected chi connectivity index (χ1v) is 5.53. The van der Waals surface area contributed by atoms with Gasteiger partial charge in [0.1, 0.15) is 5.82 Å². The van der Waals surface area contributed by atoms with Crippen molar-refractivity contribution in [2.24, 2.45) is 0 Å². The number of thiophene rings is 1. The van der Waals surface area contributed by atoms with Crippen molar-refractivity contribution < 1.29 is 4.79 Å². The van der Waals surface area contributed by atoms with Gasteiger partial charge >= 0.3 is 0 Å². The molecule has 1 aromatic heterocycles. The molecule has 1 aromatic rings. The molecule has 15 heavy (non-hydrogen) atoms. The van der Waals surface area contributed by atoms with E-state index in [-0.39, 0.29) is 5.91 Å². The van der Waals surface area contributed by atoms with Crippen LogP contribution in [-0.4, -0.2) is 17.5 Å². The maximum Gasteiger partial charge on any atom is 0.268 e. The Balaban J connectivity index is 1.99. The highest BCUT2D eigenvalue weighted by Gasteiger charge is 2.26. The van der Waals surface area contributed by atoms with Crippen molar-refractivity contribution in [3.63, 3.8) is 0 Å². The van der Waals surface area contributed by atoms with Crippen LogP contribution in [0, 0.1) is 0 Å². The first kappa shape index (κ1) is 8.70. The number of amides is 1. The molecule has 1 amide bonds. The molecule has 4 nitrogen and oxygen atoms in total. The van der Waals surface area contributed by atoms with Gasteiger partial charge in [0.05, 0.1) is 10.6 Å². The fourth-order valence-corrected chi connectivity index (χ4v) is 2.34. The van der Waals surface area contributed by atoms with Gasteiger partial charge in [-0.2, -0.15) is 0 Å². The van der Waals surface area contributed by atoms with Crippen molar-refractivity contribution in [1.82, 2.24) is 15.8 Å². The SMILES string of the molecule is O=C1C=C(c2cccs2)NC2=CCNN12. The highest BCUT2D eigenvalue weighted by molar-refractivity contribution is 7.11. The monoisotopic (exact) mass is 219 g/mol. The van der Waals surface area contributed by atoms with Crippen LogP contribution >= 0.6 is 11.3 Å². The summed E-state index contributed by atoms with van der Waals surface area (Å²) in [4.78, 5) is 12.8. The van der Waals surface area contributed by atoms with E-state index in [9.17, 15) is 4.79 Å². The van der Waals surface area contributed by atoms with Crippen molar-refractivity contribution >= 4 is 22.9 Å². The number of hydrogen-bond acceptors (Lipinski definition) is 4. The lowest BCUT2D eigenvalue weighted by molar-refractivity contribution is -0.126. The van der Waals surface area contributed by atoms with Gasteiger partial charge in [-0.15, -0.1) is 11.3 Å². The summed E-state index contributed by atoms with van der Waals surface area (Å²) in [6.07, 6.45) is 3.57. The molecule has 0 unspecified atom stereocenters. The van der Waals surface area contributed by atoms with Crippen molar-refractivity contribution in [3.05, 3.63) is 40.4 Å². The topological polar surface area (TPSA) is 44.4 Å². The van der Waals surface area contributed by atoms with E-state index >= 15 is 0 Å². The average molecular weight is 219 g/mol. The lowest BCUT2D eigenvalue weighted by atomic mass is 10.2. The molecular weight excluding hydrogens is 210 g/mol. The molecule has 2 N–H and O–H groups in total. The zero-order valence-corrected chi connectivity index (χ0v) is 8.67. The molecular formula is C10H9N3OS. The Morgan fingerprint density at radius 1 is 1.47 bits per heavy atom. The molecule has 5 heteroatoms. The minimum absolute atomic E-state index is 0.0269. The Hall–Kier alpha value is -1.59. The second kappa shape index (κ2) is 3.22. The summed E-state index contributed by atoms with van der Waals surface area (Å²) in [7, 11) is 0. The first-order valence-electron chi connectivity index (χ1n) is 4.65. The molecule has 2 aliphatic heterocycles. The van der Waals surface area contributed by atoms with E-state index in [1.54, 1.807) is 17.4 Å². The van der Waals surface area contributed by atoms with E-state index in [1.165, 1.54) is 5.01 Å². The Bertz CT molecular complexity index is 461. The van der Waals surface area contributed by atoms with Crippen molar-refractivity contribution in [2.75, 3.05) is 6.54 Å². The largest absolute Gasteiger partial charge is 0.339 e. The molecule has 0 aromatic carbocycles. The molecule has 0 saturated carbocycles. The molecule has 0 radical (unpaired) electrons. The Labute approximate surface area is 90.9 Å². The average Bonchev–Trinajstić information content (AvgIpc) is 2.88. The van der Waals surface area contributed by atoms with Gasteiger partial charge in [0.15, 0.2) is 0 Å². The van der Waals surface area contributed by atoms with Crippen LogP contribution in [0.3, 0.4) is 0 Å². The maximum atomic E-state index is 11.7. The second-order valence-electron chi connectivity index (χ2n) is 3.29. The van der Waals surface area contributed by atoms with Crippen LogP contribution in [0.2, 0.25) is 0 Å². The molecule has 0 fully saturated rings. The number of hydrazine groups is 1. The van der Waals surface area contributed by atoms with Gasteiger partial charge in [-0.1, -0.05) is 6.07 Å². The summed E-state index contributed by atoms with van der Waals surface area (Å²) in [5, 5.41) is 6.74.